The first-order valence-electron chi connectivity index (χ1n) is 14.7. The van der Waals surface area contributed by atoms with Crippen LogP contribution in [0, 0.1) is 0 Å². The molecule has 388 valence electrons. The number of carbonyl (C=O) groups excluding carboxylic acids is 10. The Morgan fingerprint density at radius 1 is 0.486 bits per heavy atom. The third kappa shape index (κ3) is 46.5. The molecule has 4 saturated heterocycles. The van der Waals surface area contributed by atoms with Gasteiger partial charge in [-0.25, -0.2) is 67.3 Å². The van der Waals surface area contributed by atoms with E-state index < -0.39 is 102 Å². The van der Waals surface area contributed by atoms with E-state index in [1.54, 1.807) is 0 Å². The number of aliphatic carboxylic acids is 2. The SMILES string of the molecule is C.C.C.C.C.C.COOC.CO[B-]OC.C[Si](C)(C)OC(=O)C(=O)O[Si](C)(C)C.O=BOO.O=C(O)C(=O)O.O=C1O[B-]2(OC1=O)OC(=O)C(=O)O2.O=C1O[B-]2(OC1=O)OC(=O)C(=O)O2.[HH].[Li+].[Li+].[Li+].[Li+].[OH-]. The minimum atomic E-state index is -3.30. The van der Waals surface area contributed by atoms with Gasteiger partial charge < -0.3 is 71.1 Å². The molecule has 0 unspecified atom stereocenters. The summed E-state index contributed by atoms with van der Waals surface area (Å²) >= 11 is 0. The third-order valence-electron chi connectivity index (χ3n) is 4.23. The van der Waals surface area contributed by atoms with Crippen LogP contribution in [0.4, 0.5) is 0 Å². The summed E-state index contributed by atoms with van der Waals surface area (Å²) in [6.07, 6.45) is 0. The van der Waals surface area contributed by atoms with Crippen LogP contribution >= 0.6 is 0 Å². The van der Waals surface area contributed by atoms with Crippen LogP contribution < -0.4 is 75.4 Å². The Labute approximate surface area is 457 Å². The molecule has 0 aromatic heterocycles. The molecule has 0 atom stereocenters. The van der Waals surface area contributed by atoms with Crippen molar-refractivity contribution >= 4 is 117 Å². The van der Waals surface area contributed by atoms with Crippen LogP contribution in [-0.4, -0.2) is 167 Å². The molecule has 4 fully saturated rings. The minimum Gasteiger partial charge on any atom is -0.870 e. The summed E-state index contributed by atoms with van der Waals surface area (Å²) in [5.74, 6) is -16.3. The molecule has 32 nitrogen and oxygen atoms in total. The van der Waals surface area contributed by atoms with E-state index >= 15 is 0 Å². The predicted octanol–water partition coefficient (Wildman–Crippen LogP) is -12.5. The van der Waals surface area contributed by atoms with Gasteiger partial charge in [0, 0.05) is 1.43 Å². The predicted molar refractivity (Wildman–Crippen MR) is 223 cm³/mol. The Balaban J connectivity index is -0.0000000404. The second-order valence-electron chi connectivity index (χ2n) is 11.1. The molecule has 4 heterocycles. The van der Waals surface area contributed by atoms with Gasteiger partial charge in [-0.3, -0.25) is 0 Å². The summed E-state index contributed by atoms with van der Waals surface area (Å²) < 4.78 is 60.4. The molecule has 4 rings (SSSR count). The molecule has 2 radical (unpaired) electrons. The van der Waals surface area contributed by atoms with Crippen molar-refractivity contribution in [2.45, 2.75) is 83.8 Å². The molecular formula is C28H60B4Li4O32Si2. The maximum atomic E-state index is 11.2. The van der Waals surface area contributed by atoms with Crippen LogP contribution in [-0.2, 0) is 132 Å². The topological polar surface area (TPSA) is 451 Å². The first kappa shape index (κ1) is 103. The van der Waals surface area contributed by atoms with Crippen LogP contribution in [0.5, 0.6) is 0 Å². The molecule has 4 N–H and O–H groups in total. The van der Waals surface area contributed by atoms with Crippen LogP contribution in [0.1, 0.15) is 46.0 Å². The molecule has 0 amide bonds. The van der Waals surface area contributed by atoms with Crippen molar-refractivity contribution in [3.05, 3.63) is 0 Å². The third-order valence-corrected chi connectivity index (χ3v) is 5.82. The van der Waals surface area contributed by atoms with Gasteiger partial charge in [0.25, 0.3) is 0 Å². The van der Waals surface area contributed by atoms with E-state index in [4.69, 9.17) is 38.6 Å². The van der Waals surface area contributed by atoms with Gasteiger partial charge in [0.1, 0.15) is 0 Å². The van der Waals surface area contributed by atoms with E-state index in [0.717, 1.165) is 0 Å². The standard InChI is InChI=1S/C8H18O4Si2.2C4BO8.C2H6BO2.C2H2O4.C2H6O2.6CH4.BHO3.4Li.H2O.H2/c1-13(2,3)11-7(9)8(10)12-14(4,5)6;2*6-1-2(7)11-5(10-1)12-3(8)4(9)13-5;1-4-3-5-2;3-1(4)2(5)6;1-3-4-2;;;;;;;2-1-4-3;;;;;;/h1-6H3;;;1-2H3;(H,3,4)(H,5,6);1-2H3;6*1H4;3H;;;;;1H2;1H/q;3*-1;;;;;;;;;;4*+1;;/p-1. The van der Waals surface area contributed by atoms with Crippen LogP contribution in [0.2, 0.25) is 39.3 Å². The number of rotatable bonds is 6. The van der Waals surface area contributed by atoms with Crippen molar-refractivity contribution in [1.82, 2.24) is 0 Å². The Morgan fingerprint density at radius 2 is 0.643 bits per heavy atom. The number of hydrogen-bond acceptors (Lipinski definition) is 30. The van der Waals surface area contributed by atoms with Gasteiger partial charge in [-0.2, -0.15) is 0 Å². The molecule has 42 heteroatoms. The molecule has 0 bridgehead atoms. The van der Waals surface area contributed by atoms with Crippen LogP contribution in [0.3, 0.4) is 0 Å². The zero-order valence-electron chi connectivity index (χ0n) is 36.5. The van der Waals surface area contributed by atoms with Crippen molar-refractivity contribution < 1.29 is 230 Å². The Hall–Kier alpha value is -3.92. The van der Waals surface area contributed by atoms with E-state index in [9.17, 15) is 47.9 Å². The van der Waals surface area contributed by atoms with E-state index in [1.807, 2.05) is 39.3 Å². The number of hydrogen-bond donors (Lipinski definition) is 3. The second kappa shape index (κ2) is 50.0. The summed E-state index contributed by atoms with van der Waals surface area (Å²) in [6.45, 7) is 4.45. The molecule has 0 aliphatic carbocycles. The summed E-state index contributed by atoms with van der Waals surface area (Å²) in [7, 11) is 3.17. The summed E-state index contributed by atoms with van der Waals surface area (Å²) in [6, 6.07) is 0. The molecular weight excluding hydrogens is 975 g/mol. The average Bonchev–Trinajstić information content (AvgIpc) is 3.75. The van der Waals surface area contributed by atoms with Crippen molar-refractivity contribution in [1.29, 1.82) is 0 Å². The van der Waals surface area contributed by atoms with Gasteiger partial charge in [-0.05, 0) is 61.2 Å². The average molecular weight is 1040 g/mol. The van der Waals surface area contributed by atoms with Gasteiger partial charge in [-0.15, -0.1) is 0 Å². The normalized spacial score (nSPS) is 13.2. The molecule has 0 saturated carbocycles. The first-order chi connectivity index (χ1) is 26.9. The van der Waals surface area contributed by atoms with E-state index in [2.05, 4.69) is 61.1 Å². The zero-order chi connectivity index (χ0) is 46.9. The second-order valence-corrected chi connectivity index (χ2v) is 20.0. The fraction of sp³-hybridized carbons (Fsp3) is 0.571. The van der Waals surface area contributed by atoms with E-state index in [-0.39, 0.29) is 134 Å². The summed E-state index contributed by atoms with van der Waals surface area (Å²) in [4.78, 5) is 135. The minimum absolute atomic E-state index is 0. The van der Waals surface area contributed by atoms with Crippen molar-refractivity contribution in [3.63, 3.8) is 0 Å². The molecule has 4 aliphatic heterocycles. The Kier molecular flexibility index (Phi) is 73.8. The quantitative estimate of drug-likeness (QED) is 0.0962. The number of carboxylic acid groups (broad SMARTS) is 2. The first-order valence-corrected chi connectivity index (χ1v) is 21.5. The monoisotopic (exact) mass is 1040 g/mol. The smallest absolute Gasteiger partial charge is 0.870 e. The maximum absolute atomic E-state index is 11.2. The van der Waals surface area contributed by atoms with E-state index in [1.165, 1.54) is 36.1 Å². The molecule has 0 aromatic rings. The zero-order valence-corrected chi connectivity index (χ0v) is 38.5. The summed E-state index contributed by atoms with van der Waals surface area (Å²) in [5, 5.41) is 21.8. The Bertz CT molecular complexity index is 1380. The fourth-order valence-corrected chi connectivity index (χ4v) is 3.74. The van der Waals surface area contributed by atoms with Gasteiger partial charge >= 0.3 is 183 Å². The van der Waals surface area contributed by atoms with Gasteiger partial charge in [0.15, 0.2) is 0 Å². The van der Waals surface area contributed by atoms with Crippen molar-refractivity contribution in [2.75, 3.05) is 28.4 Å². The largest absolute Gasteiger partial charge is 1.00 e. The van der Waals surface area contributed by atoms with E-state index in [0.29, 0.717) is 0 Å². The van der Waals surface area contributed by atoms with Crippen LogP contribution in [0.25, 0.3) is 0 Å². The number of carbonyl (C=O) groups is 12. The fourth-order valence-electron chi connectivity index (χ4n) is 2.46. The van der Waals surface area contributed by atoms with Crippen molar-refractivity contribution in [2.24, 2.45) is 0 Å². The molecule has 4 aliphatic rings. The van der Waals surface area contributed by atoms with Crippen molar-refractivity contribution in [3.8, 4) is 0 Å². The van der Waals surface area contributed by atoms with Gasteiger partial charge in [0.05, 0.1) is 14.2 Å². The van der Waals surface area contributed by atoms with Gasteiger partial charge in [0.2, 0.25) is 16.6 Å². The number of carboxylic acids is 2. The summed E-state index contributed by atoms with van der Waals surface area (Å²) in [5.41, 5.74) is 0. The Morgan fingerprint density at radius 3 is 0.714 bits per heavy atom. The molecule has 2 spiro atoms. The molecule has 0 aromatic carbocycles. The maximum Gasteiger partial charge on any atom is 1.00 e. The molecule has 70 heavy (non-hydrogen) atoms. The van der Waals surface area contributed by atoms with Crippen LogP contribution in [0.15, 0.2) is 0 Å². The van der Waals surface area contributed by atoms with Gasteiger partial charge in [-0.1, -0.05) is 44.6 Å².